The second-order valence-corrected chi connectivity index (χ2v) is 2.92. The van der Waals surface area contributed by atoms with Crippen LogP contribution in [0.1, 0.15) is 27.2 Å². The average Bonchev–Trinajstić information content (AvgIpc) is 1.82. The molecule has 0 spiro atoms. The van der Waals surface area contributed by atoms with E-state index in [9.17, 15) is 9.59 Å². The maximum atomic E-state index is 10.9. The Labute approximate surface area is 66.7 Å². The molecule has 64 valence electrons. The van der Waals surface area contributed by atoms with E-state index >= 15 is 0 Å². The van der Waals surface area contributed by atoms with Gasteiger partial charge in [0.2, 0.25) is 0 Å². The van der Waals surface area contributed by atoms with Gasteiger partial charge in [-0.05, 0) is 5.92 Å². The van der Waals surface area contributed by atoms with Gasteiger partial charge < -0.3 is 4.74 Å². The lowest BCUT2D eigenvalue weighted by Gasteiger charge is -2.02. The number of rotatable bonds is 4. The summed E-state index contributed by atoms with van der Waals surface area (Å²) in [6.45, 7) is 5.12. The van der Waals surface area contributed by atoms with Crippen molar-refractivity contribution in [2.75, 3.05) is 6.61 Å². The first-order valence-electron chi connectivity index (χ1n) is 3.67. The molecule has 0 aromatic heterocycles. The Bertz CT molecular complexity index is 149. The van der Waals surface area contributed by atoms with Crippen LogP contribution in [-0.2, 0) is 14.3 Å². The fourth-order valence-corrected chi connectivity index (χ4v) is 0.696. The molecule has 0 radical (unpaired) electrons. The molecule has 0 saturated heterocycles. The van der Waals surface area contributed by atoms with Crippen LogP contribution in [0.25, 0.3) is 0 Å². The maximum absolute atomic E-state index is 10.9. The van der Waals surface area contributed by atoms with Gasteiger partial charge in [0.1, 0.15) is 6.61 Å². The number of ketones is 1. The summed E-state index contributed by atoms with van der Waals surface area (Å²) in [5.41, 5.74) is 0. The van der Waals surface area contributed by atoms with Crippen LogP contribution in [0.4, 0.5) is 0 Å². The average molecular weight is 158 g/mol. The van der Waals surface area contributed by atoms with E-state index in [1.54, 1.807) is 0 Å². The van der Waals surface area contributed by atoms with Crippen molar-refractivity contribution < 1.29 is 14.3 Å². The molecule has 0 heterocycles. The minimum absolute atomic E-state index is 0.0183. The molecular weight excluding hydrogens is 144 g/mol. The lowest BCUT2D eigenvalue weighted by molar-refractivity contribution is -0.145. The summed E-state index contributed by atoms with van der Waals surface area (Å²) in [4.78, 5) is 21.1. The van der Waals surface area contributed by atoms with E-state index in [1.165, 1.54) is 6.92 Å². The molecule has 0 aliphatic heterocycles. The normalized spacial score (nSPS) is 9.82. The molecule has 0 fully saturated rings. The van der Waals surface area contributed by atoms with Crippen molar-refractivity contribution in [1.82, 2.24) is 0 Å². The highest BCUT2D eigenvalue weighted by Crippen LogP contribution is 1.99. The molecular formula is C8H14O3. The Morgan fingerprint density at radius 3 is 2.27 bits per heavy atom. The monoisotopic (exact) mass is 158 g/mol. The Kier molecular flexibility index (Phi) is 4.50. The summed E-state index contributed by atoms with van der Waals surface area (Å²) in [5.74, 6) is -0.0876. The van der Waals surface area contributed by atoms with Crippen LogP contribution in [0.3, 0.4) is 0 Å². The molecule has 0 aliphatic rings. The minimum Gasteiger partial charge on any atom is -0.458 e. The Morgan fingerprint density at radius 2 is 1.91 bits per heavy atom. The molecule has 0 atom stereocenters. The SMILES string of the molecule is CC(=O)OCC(=O)CC(C)C. The molecule has 0 unspecified atom stereocenters. The third-order valence-corrected chi connectivity index (χ3v) is 1.07. The van der Waals surface area contributed by atoms with Crippen LogP contribution in [0.15, 0.2) is 0 Å². The highest BCUT2D eigenvalue weighted by Gasteiger charge is 2.05. The lowest BCUT2D eigenvalue weighted by Crippen LogP contribution is -2.13. The number of hydrogen-bond acceptors (Lipinski definition) is 3. The van der Waals surface area contributed by atoms with Gasteiger partial charge >= 0.3 is 5.97 Å². The Balaban J connectivity index is 3.45. The molecule has 0 N–H and O–H groups in total. The molecule has 3 nitrogen and oxygen atoms in total. The van der Waals surface area contributed by atoms with E-state index < -0.39 is 5.97 Å². The first-order chi connectivity index (χ1) is 5.02. The summed E-state index contributed by atoms with van der Waals surface area (Å²) in [6, 6.07) is 0. The largest absolute Gasteiger partial charge is 0.458 e. The van der Waals surface area contributed by atoms with E-state index in [2.05, 4.69) is 4.74 Å². The second kappa shape index (κ2) is 4.88. The van der Waals surface area contributed by atoms with Gasteiger partial charge in [0, 0.05) is 13.3 Å². The number of ether oxygens (including phenoxy) is 1. The number of esters is 1. The van der Waals surface area contributed by atoms with E-state index in [-0.39, 0.29) is 12.4 Å². The first-order valence-corrected chi connectivity index (χ1v) is 3.67. The topological polar surface area (TPSA) is 43.4 Å². The van der Waals surface area contributed by atoms with Crippen molar-refractivity contribution in [3.8, 4) is 0 Å². The summed E-state index contributed by atoms with van der Waals surface area (Å²) in [5, 5.41) is 0. The Hall–Kier alpha value is -0.860. The summed E-state index contributed by atoms with van der Waals surface area (Å²) >= 11 is 0. The molecule has 0 aromatic rings. The van der Waals surface area contributed by atoms with Crippen LogP contribution in [0.5, 0.6) is 0 Å². The third-order valence-electron chi connectivity index (χ3n) is 1.07. The Morgan fingerprint density at radius 1 is 1.36 bits per heavy atom. The zero-order valence-corrected chi connectivity index (χ0v) is 7.22. The van der Waals surface area contributed by atoms with Gasteiger partial charge in [-0.15, -0.1) is 0 Å². The zero-order chi connectivity index (χ0) is 8.85. The number of hydrogen-bond donors (Lipinski definition) is 0. The summed E-state index contributed by atoms with van der Waals surface area (Å²) < 4.78 is 4.52. The maximum Gasteiger partial charge on any atom is 0.303 e. The second-order valence-electron chi connectivity index (χ2n) is 2.92. The van der Waals surface area contributed by atoms with Crippen LogP contribution in [0.2, 0.25) is 0 Å². The molecule has 0 rings (SSSR count). The van der Waals surface area contributed by atoms with E-state index in [1.807, 2.05) is 13.8 Å². The highest BCUT2D eigenvalue weighted by atomic mass is 16.5. The smallest absolute Gasteiger partial charge is 0.303 e. The van der Waals surface area contributed by atoms with Gasteiger partial charge in [0.15, 0.2) is 5.78 Å². The van der Waals surface area contributed by atoms with Gasteiger partial charge in [-0.3, -0.25) is 9.59 Å². The van der Waals surface area contributed by atoms with Crippen LogP contribution in [-0.4, -0.2) is 18.4 Å². The fraction of sp³-hybridized carbons (Fsp3) is 0.750. The standard InChI is InChI=1S/C8H14O3/c1-6(2)4-8(10)5-11-7(3)9/h6H,4-5H2,1-3H3. The quantitative estimate of drug-likeness (QED) is 0.577. The van der Waals surface area contributed by atoms with Gasteiger partial charge in [-0.1, -0.05) is 13.8 Å². The van der Waals surface area contributed by atoms with Crippen LogP contribution in [0, 0.1) is 5.92 Å². The van der Waals surface area contributed by atoms with Crippen LogP contribution >= 0.6 is 0 Å². The third kappa shape index (κ3) is 7.03. The van der Waals surface area contributed by atoms with E-state index in [0.29, 0.717) is 12.3 Å². The summed E-state index contributed by atoms with van der Waals surface area (Å²) in [6.07, 6.45) is 0.479. The molecule has 0 aromatic carbocycles. The number of Topliss-reactive ketones (excluding diaryl/α,β-unsaturated/α-hetero) is 1. The van der Waals surface area contributed by atoms with Gasteiger partial charge in [-0.2, -0.15) is 0 Å². The molecule has 0 amide bonds. The van der Waals surface area contributed by atoms with Crippen molar-refractivity contribution in [2.24, 2.45) is 5.92 Å². The summed E-state index contributed by atoms with van der Waals surface area (Å²) in [7, 11) is 0. The fourth-order valence-electron chi connectivity index (χ4n) is 0.696. The van der Waals surface area contributed by atoms with Gasteiger partial charge in [0.25, 0.3) is 0 Å². The molecule has 0 saturated carbocycles. The zero-order valence-electron chi connectivity index (χ0n) is 7.22. The number of carbonyl (C=O) groups is 2. The predicted octanol–water partition coefficient (Wildman–Crippen LogP) is 1.16. The molecule has 0 bridgehead atoms. The van der Waals surface area contributed by atoms with Crippen molar-refractivity contribution in [1.29, 1.82) is 0 Å². The lowest BCUT2D eigenvalue weighted by atomic mass is 10.1. The van der Waals surface area contributed by atoms with Crippen molar-refractivity contribution in [3.05, 3.63) is 0 Å². The van der Waals surface area contributed by atoms with E-state index in [0.717, 1.165) is 0 Å². The molecule has 3 heteroatoms. The van der Waals surface area contributed by atoms with Gasteiger partial charge in [0.05, 0.1) is 0 Å². The van der Waals surface area contributed by atoms with Gasteiger partial charge in [-0.25, -0.2) is 0 Å². The highest BCUT2D eigenvalue weighted by molar-refractivity contribution is 5.82. The molecule has 0 aliphatic carbocycles. The van der Waals surface area contributed by atoms with Crippen molar-refractivity contribution in [3.63, 3.8) is 0 Å². The van der Waals surface area contributed by atoms with Crippen LogP contribution < -0.4 is 0 Å². The minimum atomic E-state index is -0.401. The predicted molar refractivity (Wildman–Crippen MR) is 41.1 cm³/mol. The number of carbonyl (C=O) groups excluding carboxylic acids is 2. The van der Waals surface area contributed by atoms with Crippen molar-refractivity contribution in [2.45, 2.75) is 27.2 Å². The van der Waals surface area contributed by atoms with E-state index in [4.69, 9.17) is 0 Å². The first kappa shape index (κ1) is 10.1. The van der Waals surface area contributed by atoms with Crippen molar-refractivity contribution >= 4 is 11.8 Å². The molecule has 11 heavy (non-hydrogen) atoms.